The van der Waals surface area contributed by atoms with Crippen LogP contribution in [0.15, 0.2) is 0 Å². The van der Waals surface area contributed by atoms with Crippen LogP contribution in [0.25, 0.3) is 0 Å². The number of hydrogen-bond acceptors (Lipinski definition) is 6. The molecule has 11 heteroatoms. The zero-order valence-corrected chi connectivity index (χ0v) is 18.2. The Morgan fingerprint density at radius 1 is 0.833 bits per heavy atom. The normalized spacial score (nSPS) is 16.9. The highest BCUT2D eigenvalue weighted by Crippen LogP contribution is 2.09. The summed E-state index contributed by atoms with van der Waals surface area (Å²) in [6.07, 6.45) is 0.637. The van der Waals surface area contributed by atoms with Crippen molar-refractivity contribution in [3.05, 3.63) is 0 Å². The van der Waals surface area contributed by atoms with Gasteiger partial charge in [-0.15, -0.1) is 0 Å². The van der Waals surface area contributed by atoms with Gasteiger partial charge in [0.1, 0.15) is 18.1 Å². The van der Waals surface area contributed by atoms with Gasteiger partial charge in [-0.05, 0) is 18.8 Å². The lowest BCUT2D eigenvalue weighted by Gasteiger charge is -2.25. The Balaban J connectivity index is 5.21. The van der Waals surface area contributed by atoms with E-state index in [4.69, 9.17) is 11.5 Å². The second-order valence-electron chi connectivity index (χ2n) is 7.58. The lowest BCUT2D eigenvalue weighted by molar-refractivity contribution is -0.144. The van der Waals surface area contributed by atoms with Crippen LogP contribution in [-0.2, 0) is 24.0 Å². The van der Waals surface area contributed by atoms with Crippen molar-refractivity contribution in [3.8, 4) is 0 Å². The van der Waals surface area contributed by atoms with E-state index in [0.717, 1.165) is 0 Å². The van der Waals surface area contributed by atoms with E-state index in [-0.39, 0.29) is 11.8 Å². The van der Waals surface area contributed by atoms with Gasteiger partial charge in [0.15, 0.2) is 0 Å². The van der Waals surface area contributed by atoms with Crippen molar-refractivity contribution in [2.24, 2.45) is 23.3 Å². The Morgan fingerprint density at radius 2 is 1.37 bits per heavy atom. The van der Waals surface area contributed by atoms with Crippen molar-refractivity contribution < 1.29 is 29.1 Å². The summed E-state index contributed by atoms with van der Waals surface area (Å²) in [5, 5.41) is 16.4. The van der Waals surface area contributed by atoms with Crippen LogP contribution in [0.1, 0.15) is 53.9 Å². The first kappa shape index (κ1) is 27.3. The van der Waals surface area contributed by atoms with Gasteiger partial charge in [-0.25, -0.2) is 4.79 Å². The van der Waals surface area contributed by atoms with Gasteiger partial charge in [0.05, 0.1) is 12.5 Å². The fraction of sp³-hybridized carbons (Fsp3) is 0.737. The molecule has 0 saturated heterocycles. The molecule has 0 heterocycles. The number of rotatable bonds is 13. The van der Waals surface area contributed by atoms with Gasteiger partial charge < -0.3 is 32.5 Å². The number of carbonyl (C=O) groups excluding carboxylic acids is 4. The van der Waals surface area contributed by atoms with Crippen molar-refractivity contribution in [2.75, 3.05) is 0 Å². The summed E-state index contributed by atoms with van der Waals surface area (Å²) >= 11 is 0. The quantitative estimate of drug-likeness (QED) is 0.212. The van der Waals surface area contributed by atoms with E-state index in [1.807, 2.05) is 6.92 Å². The molecule has 6 unspecified atom stereocenters. The van der Waals surface area contributed by atoms with Crippen LogP contribution in [-0.4, -0.2) is 58.9 Å². The summed E-state index contributed by atoms with van der Waals surface area (Å²) in [6.45, 7) is 8.50. The predicted octanol–water partition coefficient (Wildman–Crippen LogP) is -1.16. The average Bonchev–Trinajstić information content (AvgIpc) is 2.68. The fourth-order valence-electron chi connectivity index (χ4n) is 2.53. The van der Waals surface area contributed by atoms with E-state index >= 15 is 0 Å². The molecule has 0 rings (SSSR count). The van der Waals surface area contributed by atoms with Gasteiger partial charge in [0.25, 0.3) is 0 Å². The average molecular weight is 430 g/mol. The SMILES string of the molecule is CCC(C)C(N)C(=O)NC(C)C(=O)NC(CC(N)=O)C(=O)NC(C(=O)O)C(C)CC. The van der Waals surface area contributed by atoms with E-state index in [2.05, 4.69) is 16.0 Å². The molecule has 0 aliphatic rings. The molecule has 0 aromatic heterocycles. The minimum atomic E-state index is -1.39. The lowest BCUT2D eigenvalue weighted by Crippen LogP contribution is -2.58. The van der Waals surface area contributed by atoms with Gasteiger partial charge in [-0.2, -0.15) is 0 Å². The molecule has 0 aliphatic carbocycles. The zero-order chi connectivity index (χ0) is 23.6. The highest BCUT2D eigenvalue weighted by atomic mass is 16.4. The number of nitrogens with one attached hydrogen (secondary N) is 3. The van der Waals surface area contributed by atoms with Crippen molar-refractivity contribution in [1.82, 2.24) is 16.0 Å². The van der Waals surface area contributed by atoms with E-state index in [1.165, 1.54) is 6.92 Å². The molecule has 0 aromatic rings. The maximum Gasteiger partial charge on any atom is 0.326 e. The minimum Gasteiger partial charge on any atom is -0.480 e. The maximum absolute atomic E-state index is 12.5. The topological polar surface area (TPSA) is 194 Å². The number of primary amides is 1. The molecule has 0 aliphatic heterocycles. The number of carboxylic acids is 1. The molecule has 172 valence electrons. The highest BCUT2D eigenvalue weighted by Gasteiger charge is 2.32. The molecule has 0 bridgehead atoms. The molecule has 30 heavy (non-hydrogen) atoms. The van der Waals surface area contributed by atoms with Crippen molar-refractivity contribution in [3.63, 3.8) is 0 Å². The molecule has 0 saturated carbocycles. The Bertz CT molecular complexity index is 641. The lowest BCUT2D eigenvalue weighted by atomic mass is 9.98. The summed E-state index contributed by atoms with van der Waals surface area (Å²) in [7, 11) is 0. The van der Waals surface area contributed by atoms with Crippen molar-refractivity contribution in [2.45, 2.75) is 78.0 Å². The molecular formula is C19H35N5O6. The van der Waals surface area contributed by atoms with Crippen LogP contribution in [0.4, 0.5) is 0 Å². The number of carbonyl (C=O) groups is 5. The van der Waals surface area contributed by atoms with Crippen molar-refractivity contribution in [1.29, 1.82) is 0 Å². The van der Waals surface area contributed by atoms with Gasteiger partial charge in [-0.1, -0.05) is 40.5 Å². The van der Waals surface area contributed by atoms with Gasteiger partial charge >= 0.3 is 5.97 Å². The van der Waals surface area contributed by atoms with Crippen LogP contribution in [0.2, 0.25) is 0 Å². The molecule has 11 nitrogen and oxygen atoms in total. The predicted molar refractivity (Wildman–Crippen MR) is 110 cm³/mol. The third-order valence-electron chi connectivity index (χ3n) is 5.13. The standard InChI is InChI=1S/C19H35N5O6/c1-6-9(3)14(21)18(28)22-11(5)16(26)23-12(8-13(20)25)17(27)24-15(19(29)30)10(4)7-2/h9-12,14-15H,6-8,21H2,1-5H3,(H2,20,25)(H,22,28)(H,23,26)(H,24,27)(H,29,30). The summed E-state index contributed by atoms with van der Waals surface area (Å²) in [6, 6.07) is -4.42. The van der Waals surface area contributed by atoms with Crippen molar-refractivity contribution >= 4 is 29.6 Å². The van der Waals surface area contributed by atoms with Crippen LogP contribution < -0.4 is 27.4 Å². The third kappa shape index (κ3) is 8.76. The first-order valence-electron chi connectivity index (χ1n) is 10.0. The Kier molecular flexibility index (Phi) is 11.6. The van der Waals surface area contributed by atoms with E-state index in [9.17, 15) is 29.1 Å². The second kappa shape index (κ2) is 12.8. The Labute approximate surface area is 176 Å². The van der Waals surface area contributed by atoms with Crippen LogP contribution in [0.3, 0.4) is 0 Å². The first-order chi connectivity index (χ1) is 13.8. The summed E-state index contributed by atoms with van der Waals surface area (Å²) in [5.41, 5.74) is 11.0. The monoisotopic (exact) mass is 429 g/mol. The largest absolute Gasteiger partial charge is 0.480 e. The van der Waals surface area contributed by atoms with Crippen LogP contribution in [0.5, 0.6) is 0 Å². The van der Waals surface area contributed by atoms with E-state index < -0.39 is 60.2 Å². The van der Waals surface area contributed by atoms with Crippen LogP contribution in [0, 0.1) is 11.8 Å². The number of carboxylic acid groups (broad SMARTS) is 1. The second-order valence-corrected chi connectivity index (χ2v) is 7.58. The number of amides is 4. The third-order valence-corrected chi connectivity index (χ3v) is 5.13. The summed E-state index contributed by atoms with van der Waals surface area (Å²) < 4.78 is 0. The molecular weight excluding hydrogens is 394 g/mol. The minimum absolute atomic E-state index is 0.0952. The van der Waals surface area contributed by atoms with Gasteiger partial charge in [0, 0.05) is 0 Å². The molecule has 4 amide bonds. The zero-order valence-electron chi connectivity index (χ0n) is 18.2. The molecule has 6 atom stereocenters. The smallest absolute Gasteiger partial charge is 0.326 e. The number of aliphatic carboxylic acids is 1. The summed E-state index contributed by atoms with van der Waals surface area (Å²) in [4.78, 5) is 59.9. The molecule has 0 aromatic carbocycles. The van der Waals surface area contributed by atoms with Gasteiger partial charge in [0.2, 0.25) is 23.6 Å². The van der Waals surface area contributed by atoms with Crippen LogP contribution >= 0.6 is 0 Å². The number of hydrogen-bond donors (Lipinski definition) is 6. The van der Waals surface area contributed by atoms with E-state index in [0.29, 0.717) is 12.8 Å². The molecule has 0 spiro atoms. The first-order valence-corrected chi connectivity index (χ1v) is 10.0. The summed E-state index contributed by atoms with van der Waals surface area (Å²) in [5.74, 6) is -4.69. The number of nitrogens with two attached hydrogens (primary N) is 2. The van der Waals surface area contributed by atoms with E-state index in [1.54, 1.807) is 20.8 Å². The molecule has 8 N–H and O–H groups in total. The molecule has 0 fully saturated rings. The fourth-order valence-corrected chi connectivity index (χ4v) is 2.53. The Morgan fingerprint density at radius 3 is 1.80 bits per heavy atom. The highest BCUT2D eigenvalue weighted by molar-refractivity contribution is 5.96. The maximum atomic E-state index is 12.5. The van der Waals surface area contributed by atoms with Gasteiger partial charge in [-0.3, -0.25) is 19.2 Å². The molecule has 0 radical (unpaired) electrons. The Hall–Kier alpha value is -2.69.